The van der Waals surface area contributed by atoms with E-state index in [1.807, 2.05) is 23.5 Å². The maximum atomic E-state index is 4.44. The lowest BCUT2D eigenvalue weighted by molar-refractivity contribution is 0.550. The Morgan fingerprint density at radius 2 is 2.44 bits per heavy atom. The van der Waals surface area contributed by atoms with Crippen molar-refractivity contribution in [3.63, 3.8) is 0 Å². The molecule has 2 nitrogen and oxygen atoms in total. The number of thioether (sulfide) groups is 2. The van der Waals surface area contributed by atoms with Gasteiger partial charge in [0.1, 0.15) is 0 Å². The highest BCUT2D eigenvalue weighted by Crippen LogP contribution is 2.33. The Morgan fingerprint density at radius 1 is 1.44 bits per heavy atom. The quantitative estimate of drug-likeness (QED) is 0.553. The van der Waals surface area contributed by atoms with Gasteiger partial charge in [0.2, 0.25) is 0 Å². The highest BCUT2D eigenvalue weighted by molar-refractivity contribution is 8.17. The number of fused-ring (bicyclic) bond motifs is 1. The number of rotatable bonds is 0. The van der Waals surface area contributed by atoms with Gasteiger partial charge in [0.05, 0.1) is 16.5 Å². The fourth-order valence-corrected chi connectivity index (χ4v) is 3.48. The summed E-state index contributed by atoms with van der Waals surface area (Å²) in [6, 6.07) is 0.605. The number of nitrogens with one attached hydrogen (secondary N) is 1. The van der Waals surface area contributed by atoms with E-state index in [4.69, 9.17) is 0 Å². The zero-order valence-corrected chi connectivity index (χ0v) is 6.67. The van der Waals surface area contributed by atoms with Crippen molar-refractivity contribution in [1.82, 2.24) is 10.6 Å². The number of nitrogens with zero attached hydrogens (tertiary/aromatic N) is 1. The van der Waals surface area contributed by atoms with Crippen LogP contribution in [0.5, 0.6) is 0 Å². The molecule has 0 aromatic rings. The summed E-state index contributed by atoms with van der Waals surface area (Å²) in [6.45, 7) is 1.10. The van der Waals surface area contributed by atoms with Crippen LogP contribution in [0.2, 0.25) is 0 Å². The first kappa shape index (κ1) is 6.34. The summed E-state index contributed by atoms with van der Waals surface area (Å²) in [5, 5.41) is 7.75. The average Bonchev–Trinajstić information content (AvgIpc) is 2.33. The third-order valence-electron chi connectivity index (χ3n) is 1.57. The van der Waals surface area contributed by atoms with Crippen LogP contribution in [0, 0.1) is 0 Å². The van der Waals surface area contributed by atoms with E-state index < -0.39 is 0 Å². The van der Waals surface area contributed by atoms with E-state index in [9.17, 15) is 0 Å². The molecule has 0 bridgehead atoms. The van der Waals surface area contributed by atoms with Crippen LogP contribution in [0.25, 0.3) is 0 Å². The van der Waals surface area contributed by atoms with E-state index in [2.05, 4.69) is 10.6 Å². The van der Waals surface area contributed by atoms with Gasteiger partial charge in [-0.25, -0.2) is 5.32 Å². The Hall–Kier alpha value is 0.620. The molecule has 0 amide bonds. The second kappa shape index (κ2) is 2.70. The van der Waals surface area contributed by atoms with Crippen molar-refractivity contribution >= 4 is 23.5 Å². The minimum Gasteiger partial charge on any atom is -0.306 e. The molecule has 2 saturated heterocycles. The summed E-state index contributed by atoms with van der Waals surface area (Å²) in [7, 11) is 0. The van der Waals surface area contributed by atoms with Crippen LogP contribution in [-0.4, -0.2) is 28.9 Å². The Kier molecular flexibility index (Phi) is 1.90. The first-order chi connectivity index (χ1) is 4.47. The summed E-state index contributed by atoms with van der Waals surface area (Å²) in [5.41, 5.74) is 0. The second-order valence-corrected chi connectivity index (χ2v) is 4.71. The van der Waals surface area contributed by atoms with Crippen LogP contribution in [0.3, 0.4) is 0 Å². The molecule has 1 radical (unpaired) electrons. The summed E-state index contributed by atoms with van der Waals surface area (Å²) >= 11 is 3.97. The van der Waals surface area contributed by atoms with Gasteiger partial charge in [0.15, 0.2) is 0 Å². The van der Waals surface area contributed by atoms with Gasteiger partial charge < -0.3 is 5.32 Å². The van der Waals surface area contributed by atoms with Gasteiger partial charge in [-0.3, -0.25) is 0 Å². The van der Waals surface area contributed by atoms with E-state index in [1.54, 1.807) is 0 Å². The van der Waals surface area contributed by atoms with Crippen molar-refractivity contribution in [2.75, 3.05) is 18.3 Å². The van der Waals surface area contributed by atoms with Gasteiger partial charge >= 0.3 is 0 Å². The van der Waals surface area contributed by atoms with Crippen LogP contribution >= 0.6 is 23.5 Å². The molecule has 0 saturated carbocycles. The molecule has 2 rings (SSSR count). The predicted octanol–water partition coefficient (Wildman–Crippen LogP) is 0.284. The molecule has 2 heterocycles. The third-order valence-corrected chi connectivity index (χ3v) is 4.34. The monoisotopic (exact) mass is 161 g/mol. The normalized spacial score (nSPS) is 42.7. The minimum absolute atomic E-state index is 0.605. The summed E-state index contributed by atoms with van der Waals surface area (Å²) in [6.07, 6.45) is 0. The zero-order valence-electron chi connectivity index (χ0n) is 5.04. The first-order valence-electron chi connectivity index (χ1n) is 3.07. The summed E-state index contributed by atoms with van der Waals surface area (Å²) in [5.74, 6) is 2.13. The summed E-state index contributed by atoms with van der Waals surface area (Å²) < 4.78 is 0.770. The van der Waals surface area contributed by atoms with Crippen LogP contribution in [0.1, 0.15) is 0 Å². The smallest absolute Gasteiger partial charge is 0.0710 e. The number of hydrogen-bond acceptors (Lipinski definition) is 3. The first-order valence-corrected chi connectivity index (χ1v) is 5.17. The highest BCUT2D eigenvalue weighted by Gasteiger charge is 2.31. The lowest BCUT2D eigenvalue weighted by Crippen LogP contribution is -2.40. The van der Waals surface area contributed by atoms with Crippen LogP contribution < -0.4 is 10.6 Å². The van der Waals surface area contributed by atoms with Crippen molar-refractivity contribution in [2.24, 2.45) is 0 Å². The molecule has 0 aliphatic carbocycles. The molecule has 51 valence electrons. The van der Waals surface area contributed by atoms with Crippen molar-refractivity contribution in [1.29, 1.82) is 0 Å². The average molecular weight is 161 g/mol. The molecule has 2 fully saturated rings. The van der Waals surface area contributed by atoms with E-state index in [1.165, 1.54) is 0 Å². The van der Waals surface area contributed by atoms with Crippen molar-refractivity contribution < 1.29 is 0 Å². The Morgan fingerprint density at radius 3 is 3.33 bits per heavy atom. The molecule has 1 N–H and O–H groups in total. The molecule has 9 heavy (non-hydrogen) atoms. The molecule has 0 spiro atoms. The van der Waals surface area contributed by atoms with Crippen molar-refractivity contribution in [3.8, 4) is 0 Å². The van der Waals surface area contributed by atoms with Crippen LogP contribution in [0.15, 0.2) is 0 Å². The zero-order chi connectivity index (χ0) is 6.10. The molecule has 2 aliphatic rings. The second-order valence-electron chi connectivity index (χ2n) is 2.18. The molecular formula is C5H9N2S2. The Balaban J connectivity index is 1.97. The molecule has 4 heteroatoms. The van der Waals surface area contributed by atoms with E-state index >= 15 is 0 Å². The maximum absolute atomic E-state index is 4.44. The molecular weight excluding hydrogens is 152 g/mol. The van der Waals surface area contributed by atoms with Gasteiger partial charge in [0, 0.05) is 12.4 Å². The minimum atomic E-state index is 0.605. The number of hydrogen-bond donors (Lipinski definition) is 1. The maximum Gasteiger partial charge on any atom is 0.0710 e. The lowest BCUT2D eigenvalue weighted by Gasteiger charge is -2.22. The topological polar surface area (TPSA) is 26.1 Å². The largest absolute Gasteiger partial charge is 0.306 e. The van der Waals surface area contributed by atoms with Gasteiger partial charge in [0.25, 0.3) is 0 Å². The van der Waals surface area contributed by atoms with Gasteiger partial charge in [-0.2, -0.15) is 0 Å². The van der Waals surface area contributed by atoms with Gasteiger partial charge in [-0.05, 0) is 0 Å². The molecule has 2 unspecified atom stereocenters. The van der Waals surface area contributed by atoms with Crippen molar-refractivity contribution in [2.45, 2.75) is 10.6 Å². The Bertz CT molecular complexity index is 97.1. The third kappa shape index (κ3) is 1.22. The van der Waals surface area contributed by atoms with Crippen molar-refractivity contribution in [3.05, 3.63) is 0 Å². The van der Waals surface area contributed by atoms with E-state index in [0.29, 0.717) is 6.04 Å². The predicted molar refractivity (Wildman–Crippen MR) is 42.6 cm³/mol. The molecule has 2 aliphatic heterocycles. The van der Waals surface area contributed by atoms with Gasteiger partial charge in [-0.1, -0.05) is 0 Å². The molecule has 0 aromatic carbocycles. The van der Waals surface area contributed by atoms with Crippen LogP contribution in [-0.2, 0) is 0 Å². The van der Waals surface area contributed by atoms with Crippen LogP contribution in [0.4, 0.5) is 0 Å². The Labute approximate surface area is 63.5 Å². The fourth-order valence-electron chi connectivity index (χ4n) is 1.08. The van der Waals surface area contributed by atoms with Gasteiger partial charge in [-0.15, -0.1) is 23.5 Å². The van der Waals surface area contributed by atoms with E-state index in [-0.39, 0.29) is 0 Å². The highest BCUT2D eigenvalue weighted by atomic mass is 32.2. The SMILES string of the molecule is C1[N]C2CNCSC2S1. The molecule has 0 aromatic heterocycles. The lowest BCUT2D eigenvalue weighted by atomic mass is 10.3. The summed E-state index contributed by atoms with van der Waals surface area (Å²) in [4.78, 5) is 0. The fraction of sp³-hybridized carbons (Fsp3) is 1.00. The van der Waals surface area contributed by atoms with E-state index in [0.717, 1.165) is 22.9 Å². The molecule has 2 atom stereocenters. The standard InChI is InChI=1S/C5H9N2S2/c1-4-5(8-2-6-1)9-3-7-4/h4-6H,1-3H2.